The van der Waals surface area contributed by atoms with Crippen LogP contribution in [0.1, 0.15) is 43.2 Å². The number of imidazole rings is 1. The van der Waals surface area contributed by atoms with E-state index in [4.69, 9.17) is 14.2 Å². The molecule has 0 bridgehead atoms. The van der Waals surface area contributed by atoms with Crippen LogP contribution in [0.5, 0.6) is 5.75 Å². The first-order chi connectivity index (χ1) is 17.8. The number of aliphatic hydroxyl groups is 1. The Morgan fingerprint density at radius 1 is 1.22 bits per heavy atom. The largest absolute Gasteiger partial charge is 0.493 e. The zero-order valence-corrected chi connectivity index (χ0v) is 22.8. The molecule has 2 heterocycles. The van der Waals surface area contributed by atoms with Gasteiger partial charge in [0.25, 0.3) is 0 Å². The van der Waals surface area contributed by atoms with Gasteiger partial charge in [-0.05, 0) is 44.9 Å². The number of methoxy groups -OCH3 is 2. The summed E-state index contributed by atoms with van der Waals surface area (Å²) in [5, 5.41) is 14.0. The Hall–Kier alpha value is -2.77. The fourth-order valence-corrected chi connectivity index (χ4v) is 5.70. The lowest BCUT2D eigenvalue weighted by Crippen LogP contribution is -2.34. The van der Waals surface area contributed by atoms with Crippen LogP contribution in [0.15, 0.2) is 40.7 Å². The summed E-state index contributed by atoms with van der Waals surface area (Å²) >= 11 is 0. The number of ether oxygens (including phenoxy) is 3. The molecular weight excluding hydrogens is 498 g/mol. The molecule has 37 heavy (non-hydrogen) atoms. The third-order valence-corrected chi connectivity index (χ3v) is 7.76. The predicted octanol–water partition coefficient (Wildman–Crippen LogP) is 2.70. The summed E-state index contributed by atoms with van der Waals surface area (Å²) in [7, 11) is -0.679. The SMILES string of the molecule is C=CCc1nc(C)n2c1NC(c1cc(S(=O)(=O)N(CCCOC)CCCOC)ccc1OCC)=NC2O. The highest BCUT2D eigenvalue weighted by Gasteiger charge is 2.29. The van der Waals surface area contributed by atoms with Crippen molar-refractivity contribution >= 4 is 21.7 Å². The molecule has 1 aromatic heterocycles. The maximum atomic E-state index is 13.7. The van der Waals surface area contributed by atoms with Crippen LogP contribution in [0.25, 0.3) is 0 Å². The second kappa shape index (κ2) is 13.2. The number of nitrogens with zero attached hydrogens (tertiary/aromatic N) is 4. The molecule has 1 aliphatic heterocycles. The van der Waals surface area contributed by atoms with Crippen LogP contribution in [-0.2, 0) is 25.9 Å². The molecule has 0 saturated carbocycles. The van der Waals surface area contributed by atoms with Crippen LogP contribution in [0.3, 0.4) is 0 Å². The van der Waals surface area contributed by atoms with Gasteiger partial charge in [-0.25, -0.2) is 18.4 Å². The minimum absolute atomic E-state index is 0.0985. The zero-order chi connectivity index (χ0) is 27.0. The van der Waals surface area contributed by atoms with Crippen LogP contribution in [0.4, 0.5) is 5.82 Å². The summed E-state index contributed by atoms with van der Waals surface area (Å²) in [5.74, 6) is 1.90. The molecule has 204 valence electrons. The van der Waals surface area contributed by atoms with Crippen LogP contribution in [-0.4, -0.2) is 80.3 Å². The van der Waals surface area contributed by atoms with Gasteiger partial charge in [-0.3, -0.25) is 4.57 Å². The van der Waals surface area contributed by atoms with Gasteiger partial charge in [-0.2, -0.15) is 4.31 Å². The normalized spacial score (nSPS) is 15.3. The van der Waals surface area contributed by atoms with E-state index in [0.29, 0.717) is 80.8 Å². The highest BCUT2D eigenvalue weighted by Crippen LogP contribution is 2.32. The van der Waals surface area contributed by atoms with E-state index in [1.54, 1.807) is 37.9 Å². The molecule has 2 aromatic rings. The van der Waals surface area contributed by atoms with Gasteiger partial charge in [-0.15, -0.1) is 6.58 Å². The molecule has 0 saturated heterocycles. The molecule has 11 nitrogen and oxygen atoms in total. The molecule has 0 fully saturated rings. The van der Waals surface area contributed by atoms with E-state index in [1.165, 1.54) is 16.4 Å². The first kappa shape index (κ1) is 28.8. The van der Waals surface area contributed by atoms with E-state index in [9.17, 15) is 13.5 Å². The van der Waals surface area contributed by atoms with Crippen molar-refractivity contribution in [2.24, 2.45) is 4.99 Å². The zero-order valence-electron chi connectivity index (χ0n) is 21.9. The van der Waals surface area contributed by atoms with Crippen LogP contribution in [0, 0.1) is 6.92 Å². The van der Waals surface area contributed by atoms with Crippen molar-refractivity contribution in [2.75, 3.05) is 52.4 Å². The lowest BCUT2D eigenvalue weighted by Gasteiger charge is -2.25. The number of anilines is 1. The van der Waals surface area contributed by atoms with Gasteiger partial charge in [0.1, 0.15) is 23.2 Å². The summed E-state index contributed by atoms with van der Waals surface area (Å²) in [6.45, 7) is 9.28. The average Bonchev–Trinajstić information content (AvgIpc) is 3.19. The van der Waals surface area contributed by atoms with Crippen molar-refractivity contribution in [3.8, 4) is 5.75 Å². The maximum Gasteiger partial charge on any atom is 0.243 e. The third-order valence-electron chi connectivity index (χ3n) is 5.87. The predicted molar refractivity (Wildman–Crippen MR) is 142 cm³/mol. The fourth-order valence-electron chi connectivity index (χ4n) is 4.16. The number of benzene rings is 1. The summed E-state index contributed by atoms with van der Waals surface area (Å²) < 4.78 is 46.5. The molecule has 2 N–H and O–H groups in total. The van der Waals surface area contributed by atoms with Gasteiger partial charge in [0, 0.05) is 46.9 Å². The number of sulfonamides is 1. The summed E-state index contributed by atoms with van der Waals surface area (Å²) in [5.41, 5.74) is 1.12. The van der Waals surface area contributed by atoms with Crippen molar-refractivity contribution < 1.29 is 27.7 Å². The lowest BCUT2D eigenvalue weighted by atomic mass is 10.1. The Bertz CT molecular complexity index is 1200. The first-order valence-electron chi connectivity index (χ1n) is 12.2. The second-order valence-corrected chi connectivity index (χ2v) is 10.4. The standard InChI is InChI=1S/C25H37N5O6S/c1-6-10-21-24-27-23(28-25(31)30(24)18(3)26-21)20-17-19(11-12-22(20)36-7-2)37(32,33)29(13-8-15-34-4)14-9-16-35-5/h6,11-12,17,25,31H,1,7-10,13-16H2,2-5H3,(H,27,28). The molecule has 1 aromatic carbocycles. The topological polar surface area (TPSA) is 128 Å². The number of hydrogen-bond donors (Lipinski definition) is 2. The summed E-state index contributed by atoms with van der Waals surface area (Å²) in [4.78, 5) is 9.01. The number of hydrogen-bond acceptors (Lipinski definition) is 9. The quantitative estimate of drug-likeness (QED) is 0.263. The van der Waals surface area contributed by atoms with Crippen LogP contribution >= 0.6 is 0 Å². The minimum Gasteiger partial charge on any atom is -0.493 e. The second-order valence-electron chi connectivity index (χ2n) is 8.45. The van der Waals surface area contributed by atoms with Crippen LogP contribution in [0.2, 0.25) is 0 Å². The van der Waals surface area contributed by atoms with Gasteiger partial charge in [-0.1, -0.05) is 6.08 Å². The number of fused-ring (bicyclic) bond motifs is 1. The molecule has 12 heteroatoms. The number of aromatic nitrogens is 2. The van der Waals surface area contributed by atoms with E-state index in [0.717, 1.165) is 0 Å². The molecule has 3 rings (SSSR count). The molecule has 1 atom stereocenters. The van der Waals surface area contributed by atoms with E-state index >= 15 is 0 Å². The first-order valence-corrected chi connectivity index (χ1v) is 13.7. The maximum absolute atomic E-state index is 13.7. The number of aryl methyl sites for hydroxylation is 1. The molecule has 0 amide bonds. The van der Waals surface area contributed by atoms with Crippen molar-refractivity contribution in [2.45, 2.75) is 44.4 Å². The Kier molecular flexibility index (Phi) is 10.2. The molecule has 1 aliphatic rings. The molecule has 1 unspecified atom stereocenters. The fraction of sp³-hybridized carbons (Fsp3) is 0.520. The van der Waals surface area contributed by atoms with Crippen molar-refractivity contribution in [3.63, 3.8) is 0 Å². The van der Waals surface area contributed by atoms with Gasteiger partial charge < -0.3 is 24.6 Å². The number of amidine groups is 1. The summed E-state index contributed by atoms with van der Waals surface area (Å²) in [6.07, 6.45) is 2.10. The van der Waals surface area contributed by atoms with Gasteiger partial charge in [0.05, 0.1) is 22.8 Å². The molecule has 0 spiro atoms. The number of aliphatic imine (C=N–C) groups is 1. The highest BCUT2D eigenvalue weighted by atomic mass is 32.2. The molecule has 0 radical (unpaired) electrons. The summed E-state index contributed by atoms with van der Waals surface area (Å²) in [6, 6.07) is 4.68. The van der Waals surface area contributed by atoms with E-state index in [1.807, 2.05) is 6.92 Å². The van der Waals surface area contributed by atoms with E-state index in [-0.39, 0.29) is 10.7 Å². The average molecular weight is 536 g/mol. The van der Waals surface area contributed by atoms with E-state index < -0.39 is 16.4 Å². The number of aliphatic hydroxyl groups excluding tert-OH is 1. The van der Waals surface area contributed by atoms with Gasteiger partial charge in [0.2, 0.25) is 16.4 Å². The van der Waals surface area contributed by atoms with Crippen molar-refractivity contribution in [1.82, 2.24) is 13.9 Å². The van der Waals surface area contributed by atoms with Gasteiger partial charge >= 0.3 is 0 Å². The van der Waals surface area contributed by atoms with Gasteiger partial charge in [0.15, 0.2) is 0 Å². The minimum atomic E-state index is -3.85. The third kappa shape index (κ3) is 6.57. The van der Waals surface area contributed by atoms with E-state index in [2.05, 4.69) is 21.9 Å². The highest BCUT2D eigenvalue weighted by molar-refractivity contribution is 7.89. The Morgan fingerprint density at radius 2 is 1.89 bits per heavy atom. The Balaban J connectivity index is 2.02. The molecular formula is C25H37N5O6S. The van der Waals surface area contributed by atoms with Crippen molar-refractivity contribution in [3.05, 3.63) is 47.9 Å². The monoisotopic (exact) mass is 535 g/mol. The number of allylic oxidation sites excluding steroid dienone is 1. The smallest absolute Gasteiger partial charge is 0.243 e. The Morgan fingerprint density at radius 3 is 2.49 bits per heavy atom. The number of rotatable bonds is 15. The molecule has 0 aliphatic carbocycles. The van der Waals surface area contributed by atoms with Crippen LogP contribution < -0.4 is 10.1 Å². The number of nitrogens with one attached hydrogen (secondary N) is 1. The lowest BCUT2D eigenvalue weighted by molar-refractivity contribution is 0.112. The Labute approximate surface area is 218 Å². The van der Waals surface area contributed by atoms with Crippen molar-refractivity contribution in [1.29, 1.82) is 0 Å².